The minimum absolute atomic E-state index is 0.234. The minimum atomic E-state index is -0.975. The van der Waals surface area contributed by atoms with Crippen LogP contribution in [0.1, 0.15) is 30.6 Å². The molecule has 2 heteroatoms. The number of Topliss-reactive ketones (excluding diaryl/α,β-unsaturated/α-hetero) is 1. The van der Waals surface area contributed by atoms with E-state index in [9.17, 15) is 9.90 Å². The van der Waals surface area contributed by atoms with Gasteiger partial charge >= 0.3 is 0 Å². The molecule has 0 aliphatic rings. The predicted molar refractivity (Wildman–Crippen MR) is 65.4 cm³/mol. The van der Waals surface area contributed by atoms with E-state index in [2.05, 4.69) is 6.58 Å². The van der Waals surface area contributed by atoms with Crippen LogP contribution >= 0.6 is 0 Å². The van der Waals surface area contributed by atoms with Crippen molar-refractivity contribution in [1.82, 2.24) is 0 Å². The third-order valence-electron chi connectivity index (χ3n) is 2.63. The zero-order valence-electron chi connectivity index (χ0n) is 9.81. The molecule has 16 heavy (non-hydrogen) atoms. The molecule has 0 radical (unpaired) electrons. The number of carbonyl (C=O) groups is 1. The van der Waals surface area contributed by atoms with Crippen LogP contribution in [0.5, 0.6) is 0 Å². The third kappa shape index (κ3) is 3.31. The predicted octanol–water partition coefficient (Wildman–Crippen LogP) is 2.83. The molecule has 0 amide bonds. The van der Waals surface area contributed by atoms with Crippen molar-refractivity contribution in [3.8, 4) is 0 Å². The van der Waals surface area contributed by atoms with Gasteiger partial charge in [-0.3, -0.25) is 4.79 Å². The van der Waals surface area contributed by atoms with Crippen LogP contribution in [-0.2, 0) is 0 Å². The number of aliphatic hydroxyl groups excluding tert-OH is 1. The van der Waals surface area contributed by atoms with Crippen molar-refractivity contribution in [2.45, 2.75) is 26.4 Å². The molecule has 1 rings (SSSR count). The Morgan fingerprint density at radius 2 is 1.88 bits per heavy atom. The molecule has 0 bridgehead atoms. The highest BCUT2D eigenvalue weighted by Crippen LogP contribution is 2.16. The van der Waals surface area contributed by atoms with Crippen molar-refractivity contribution in [2.24, 2.45) is 5.92 Å². The number of rotatable bonds is 5. The molecular formula is C14H18O2. The van der Waals surface area contributed by atoms with Gasteiger partial charge in [0.15, 0.2) is 5.78 Å². The molecule has 2 nitrogen and oxygen atoms in total. The quantitative estimate of drug-likeness (QED) is 0.609. The topological polar surface area (TPSA) is 37.3 Å². The van der Waals surface area contributed by atoms with Crippen LogP contribution in [0.3, 0.4) is 0 Å². The molecule has 0 aliphatic carbocycles. The molecule has 86 valence electrons. The molecule has 0 spiro atoms. The monoisotopic (exact) mass is 218 g/mol. The Hall–Kier alpha value is -1.41. The number of aliphatic hydroxyl groups is 1. The van der Waals surface area contributed by atoms with E-state index >= 15 is 0 Å². The lowest BCUT2D eigenvalue weighted by molar-refractivity contribution is 0.0744. The van der Waals surface area contributed by atoms with Crippen molar-refractivity contribution in [3.05, 3.63) is 48.0 Å². The summed E-state index contributed by atoms with van der Waals surface area (Å²) >= 11 is 0. The molecule has 0 saturated carbocycles. The Bertz CT molecular complexity index is 366. The first-order chi connectivity index (χ1) is 7.52. The first-order valence-electron chi connectivity index (χ1n) is 5.47. The first kappa shape index (κ1) is 12.7. The molecule has 0 saturated heterocycles. The van der Waals surface area contributed by atoms with Crippen LogP contribution < -0.4 is 0 Å². The molecule has 0 unspecified atom stereocenters. The highest BCUT2D eigenvalue weighted by atomic mass is 16.3. The summed E-state index contributed by atoms with van der Waals surface area (Å²) in [5.74, 6) is 0.0561. The largest absolute Gasteiger partial charge is 0.385 e. The van der Waals surface area contributed by atoms with Gasteiger partial charge in [0.05, 0.1) is 0 Å². The van der Waals surface area contributed by atoms with E-state index < -0.39 is 6.10 Å². The maximum Gasteiger partial charge on any atom is 0.191 e. The summed E-state index contributed by atoms with van der Waals surface area (Å²) in [7, 11) is 0. The second-order valence-electron chi connectivity index (χ2n) is 4.26. The number of carbonyl (C=O) groups excluding carboxylic acids is 1. The summed E-state index contributed by atoms with van der Waals surface area (Å²) < 4.78 is 0. The smallest absolute Gasteiger partial charge is 0.191 e. The lowest BCUT2D eigenvalue weighted by Gasteiger charge is -2.14. The summed E-state index contributed by atoms with van der Waals surface area (Å²) in [5.41, 5.74) is 1.45. The molecule has 1 atom stereocenters. The van der Waals surface area contributed by atoms with Gasteiger partial charge in [-0.1, -0.05) is 56.3 Å². The average molecular weight is 218 g/mol. The van der Waals surface area contributed by atoms with Crippen LogP contribution in [0.15, 0.2) is 42.5 Å². The van der Waals surface area contributed by atoms with Crippen molar-refractivity contribution in [2.75, 3.05) is 0 Å². The van der Waals surface area contributed by atoms with E-state index in [-0.39, 0.29) is 5.78 Å². The fourth-order valence-corrected chi connectivity index (χ4v) is 1.37. The van der Waals surface area contributed by atoms with Crippen molar-refractivity contribution >= 4 is 5.78 Å². The van der Waals surface area contributed by atoms with E-state index in [0.717, 1.165) is 5.57 Å². The van der Waals surface area contributed by atoms with E-state index in [1.807, 2.05) is 19.9 Å². The maximum absolute atomic E-state index is 11.8. The summed E-state index contributed by atoms with van der Waals surface area (Å²) in [4.78, 5) is 11.8. The van der Waals surface area contributed by atoms with Gasteiger partial charge in [0.2, 0.25) is 0 Å². The van der Waals surface area contributed by atoms with Crippen molar-refractivity contribution in [3.63, 3.8) is 0 Å². The number of benzene rings is 1. The van der Waals surface area contributed by atoms with Gasteiger partial charge in [0, 0.05) is 12.0 Å². The molecular weight excluding hydrogens is 200 g/mol. The Labute approximate surface area is 96.6 Å². The van der Waals surface area contributed by atoms with Crippen molar-refractivity contribution < 1.29 is 9.90 Å². The third-order valence-corrected chi connectivity index (χ3v) is 2.63. The molecule has 0 aliphatic heterocycles. The minimum Gasteiger partial charge on any atom is -0.385 e. The molecule has 1 aromatic rings. The van der Waals surface area contributed by atoms with Crippen LogP contribution in [0.4, 0.5) is 0 Å². The fourth-order valence-electron chi connectivity index (χ4n) is 1.37. The van der Waals surface area contributed by atoms with Gasteiger partial charge in [-0.05, 0) is 5.92 Å². The average Bonchev–Trinajstić information content (AvgIpc) is 2.28. The van der Waals surface area contributed by atoms with E-state index in [1.165, 1.54) is 0 Å². The SMILES string of the molecule is C=C(C[C@H](O)C(=O)c1ccccc1)C(C)C. The standard InChI is InChI=1S/C14H18O2/c1-10(2)11(3)9-13(15)14(16)12-7-5-4-6-8-12/h4-8,10,13,15H,3,9H2,1-2H3/t13-/m0/s1. The molecule has 1 N–H and O–H groups in total. The van der Waals surface area contributed by atoms with Crippen molar-refractivity contribution in [1.29, 1.82) is 0 Å². The highest BCUT2D eigenvalue weighted by Gasteiger charge is 2.18. The van der Waals surface area contributed by atoms with E-state index in [4.69, 9.17) is 0 Å². The lowest BCUT2D eigenvalue weighted by Crippen LogP contribution is -2.21. The van der Waals surface area contributed by atoms with Crippen LogP contribution in [-0.4, -0.2) is 17.0 Å². The number of ketones is 1. The number of hydrogen-bond acceptors (Lipinski definition) is 2. The van der Waals surface area contributed by atoms with Crippen LogP contribution in [0, 0.1) is 5.92 Å². The Morgan fingerprint density at radius 3 is 2.38 bits per heavy atom. The van der Waals surface area contributed by atoms with Crippen LogP contribution in [0.2, 0.25) is 0 Å². The van der Waals surface area contributed by atoms with E-state index in [0.29, 0.717) is 17.9 Å². The van der Waals surface area contributed by atoms with Gasteiger partial charge in [-0.15, -0.1) is 0 Å². The zero-order chi connectivity index (χ0) is 12.1. The van der Waals surface area contributed by atoms with E-state index in [1.54, 1.807) is 24.3 Å². The Morgan fingerprint density at radius 1 is 1.31 bits per heavy atom. The first-order valence-corrected chi connectivity index (χ1v) is 5.47. The summed E-state index contributed by atoms with van der Waals surface area (Å²) in [6, 6.07) is 8.85. The summed E-state index contributed by atoms with van der Waals surface area (Å²) in [6.45, 7) is 7.86. The van der Waals surface area contributed by atoms with Gasteiger partial charge in [0.25, 0.3) is 0 Å². The van der Waals surface area contributed by atoms with Gasteiger partial charge in [-0.2, -0.15) is 0 Å². The summed E-state index contributed by atoms with van der Waals surface area (Å²) in [6.07, 6.45) is -0.636. The highest BCUT2D eigenvalue weighted by molar-refractivity contribution is 5.99. The molecule has 0 aromatic heterocycles. The Balaban J connectivity index is 2.65. The Kier molecular flexibility index (Phi) is 4.44. The normalized spacial score (nSPS) is 12.5. The van der Waals surface area contributed by atoms with Gasteiger partial charge in [-0.25, -0.2) is 0 Å². The van der Waals surface area contributed by atoms with Gasteiger partial charge < -0.3 is 5.11 Å². The maximum atomic E-state index is 11.8. The lowest BCUT2D eigenvalue weighted by atomic mass is 9.95. The van der Waals surface area contributed by atoms with Gasteiger partial charge in [0.1, 0.15) is 6.10 Å². The number of hydrogen-bond donors (Lipinski definition) is 1. The second-order valence-corrected chi connectivity index (χ2v) is 4.26. The zero-order valence-corrected chi connectivity index (χ0v) is 9.81. The van der Waals surface area contributed by atoms with Crippen LogP contribution in [0.25, 0.3) is 0 Å². The fraction of sp³-hybridized carbons (Fsp3) is 0.357. The molecule has 0 fully saturated rings. The summed E-state index contributed by atoms with van der Waals surface area (Å²) in [5, 5.41) is 9.78. The molecule has 0 heterocycles. The second kappa shape index (κ2) is 5.61. The molecule has 1 aromatic carbocycles.